The highest BCUT2D eigenvalue weighted by Gasteiger charge is 2.18. The van der Waals surface area contributed by atoms with Gasteiger partial charge in [-0.25, -0.2) is 14.6 Å². The molecular formula is C20H18N4O5. The topological polar surface area (TPSA) is 119 Å². The number of amides is 1. The number of aromatic nitrogens is 3. The molecule has 0 spiro atoms. The standard InChI is InChI=1S/C20H18N4O5/c1-20(2,3)29-19(26)23-12-6-7-13(11-5-4-9-21-15(11)12)27-14-8-10-22-17-16(14)28-18(25)24-17/h4-10H,1-3H3,(H,23,26)(H,22,24,25). The number of carbonyl (C=O) groups excluding carboxylic acids is 1. The number of ether oxygens (including phenoxy) is 2. The van der Waals surface area contributed by atoms with Gasteiger partial charge in [0.1, 0.15) is 11.4 Å². The molecular weight excluding hydrogens is 376 g/mol. The van der Waals surface area contributed by atoms with E-state index in [1.54, 1.807) is 51.2 Å². The Morgan fingerprint density at radius 3 is 2.72 bits per heavy atom. The lowest BCUT2D eigenvalue weighted by atomic mass is 10.1. The minimum absolute atomic E-state index is 0.213. The summed E-state index contributed by atoms with van der Waals surface area (Å²) in [7, 11) is 0. The van der Waals surface area contributed by atoms with Crippen LogP contribution in [0.3, 0.4) is 0 Å². The first-order valence-electron chi connectivity index (χ1n) is 8.83. The van der Waals surface area contributed by atoms with Gasteiger partial charge in [0, 0.05) is 23.8 Å². The number of H-pyrrole nitrogens is 1. The van der Waals surface area contributed by atoms with E-state index in [4.69, 9.17) is 13.9 Å². The van der Waals surface area contributed by atoms with E-state index in [1.807, 2.05) is 6.07 Å². The van der Waals surface area contributed by atoms with Gasteiger partial charge in [-0.05, 0) is 45.0 Å². The van der Waals surface area contributed by atoms with Crippen molar-refractivity contribution in [1.82, 2.24) is 15.0 Å². The Balaban J connectivity index is 1.71. The third kappa shape index (κ3) is 3.88. The van der Waals surface area contributed by atoms with Gasteiger partial charge in [0.15, 0.2) is 11.4 Å². The van der Waals surface area contributed by atoms with E-state index < -0.39 is 17.5 Å². The maximum absolute atomic E-state index is 12.2. The van der Waals surface area contributed by atoms with Crippen LogP contribution in [0.2, 0.25) is 0 Å². The van der Waals surface area contributed by atoms with Crippen LogP contribution in [0.15, 0.2) is 51.9 Å². The van der Waals surface area contributed by atoms with Crippen molar-refractivity contribution in [2.75, 3.05) is 5.32 Å². The number of oxazole rings is 1. The SMILES string of the molecule is CC(C)(C)OC(=O)Nc1ccc(Oc2ccnc3[nH]c(=O)oc23)c2cccnc12. The summed E-state index contributed by atoms with van der Waals surface area (Å²) in [6.07, 6.45) is 2.53. The average Bonchev–Trinajstić information content (AvgIpc) is 3.03. The predicted molar refractivity (Wildman–Crippen MR) is 106 cm³/mol. The van der Waals surface area contributed by atoms with E-state index in [2.05, 4.69) is 20.3 Å². The molecule has 3 aromatic heterocycles. The zero-order chi connectivity index (χ0) is 20.6. The normalized spacial score (nSPS) is 11.6. The van der Waals surface area contributed by atoms with Gasteiger partial charge in [0.05, 0.1) is 11.2 Å². The van der Waals surface area contributed by atoms with E-state index in [0.717, 1.165) is 0 Å². The van der Waals surface area contributed by atoms with Crippen LogP contribution in [0, 0.1) is 0 Å². The number of carbonyl (C=O) groups is 1. The molecule has 0 radical (unpaired) electrons. The molecule has 0 saturated heterocycles. The van der Waals surface area contributed by atoms with Crippen molar-refractivity contribution in [2.24, 2.45) is 0 Å². The van der Waals surface area contributed by atoms with Gasteiger partial charge in [-0.15, -0.1) is 0 Å². The van der Waals surface area contributed by atoms with E-state index >= 15 is 0 Å². The molecule has 0 atom stereocenters. The monoisotopic (exact) mass is 394 g/mol. The fourth-order valence-corrected chi connectivity index (χ4v) is 2.78. The van der Waals surface area contributed by atoms with E-state index in [9.17, 15) is 9.59 Å². The highest BCUT2D eigenvalue weighted by molar-refractivity contribution is 6.00. The van der Waals surface area contributed by atoms with Gasteiger partial charge in [0.2, 0.25) is 5.58 Å². The van der Waals surface area contributed by atoms with Gasteiger partial charge < -0.3 is 13.9 Å². The molecule has 0 fully saturated rings. The summed E-state index contributed by atoms with van der Waals surface area (Å²) in [5.41, 5.74) is 0.888. The van der Waals surface area contributed by atoms with Gasteiger partial charge in [-0.2, -0.15) is 0 Å². The first kappa shape index (κ1) is 18.5. The fourth-order valence-electron chi connectivity index (χ4n) is 2.78. The molecule has 4 rings (SSSR count). The maximum atomic E-state index is 12.2. The lowest BCUT2D eigenvalue weighted by molar-refractivity contribution is 0.0636. The van der Waals surface area contributed by atoms with Crippen LogP contribution in [-0.4, -0.2) is 26.6 Å². The Hall–Kier alpha value is -3.88. The van der Waals surface area contributed by atoms with Crippen LogP contribution >= 0.6 is 0 Å². The molecule has 0 aliphatic heterocycles. The largest absolute Gasteiger partial charge is 0.453 e. The highest BCUT2D eigenvalue weighted by atomic mass is 16.6. The number of pyridine rings is 2. The van der Waals surface area contributed by atoms with E-state index in [-0.39, 0.29) is 11.2 Å². The molecule has 29 heavy (non-hydrogen) atoms. The molecule has 0 saturated carbocycles. The lowest BCUT2D eigenvalue weighted by Gasteiger charge is -2.20. The van der Waals surface area contributed by atoms with Crippen LogP contribution in [0.1, 0.15) is 20.8 Å². The summed E-state index contributed by atoms with van der Waals surface area (Å²) in [6, 6.07) is 8.51. The minimum Gasteiger partial charge on any atom is -0.453 e. The molecule has 9 heteroatoms. The number of hydrogen-bond donors (Lipinski definition) is 2. The van der Waals surface area contributed by atoms with Crippen LogP contribution in [0.25, 0.3) is 22.1 Å². The number of fused-ring (bicyclic) bond motifs is 2. The molecule has 2 N–H and O–H groups in total. The van der Waals surface area contributed by atoms with E-state index in [0.29, 0.717) is 28.1 Å². The number of hydrogen-bond acceptors (Lipinski definition) is 7. The summed E-state index contributed by atoms with van der Waals surface area (Å²) in [4.78, 5) is 34.5. The second-order valence-electron chi connectivity index (χ2n) is 7.24. The van der Waals surface area contributed by atoms with Crippen molar-refractivity contribution >= 4 is 33.9 Å². The Bertz CT molecular complexity index is 1270. The van der Waals surface area contributed by atoms with Gasteiger partial charge in [-0.1, -0.05) is 0 Å². The molecule has 1 aromatic carbocycles. The maximum Gasteiger partial charge on any atom is 0.418 e. The molecule has 0 bridgehead atoms. The number of nitrogens with zero attached hydrogens (tertiary/aromatic N) is 2. The smallest absolute Gasteiger partial charge is 0.418 e. The second-order valence-corrected chi connectivity index (χ2v) is 7.24. The summed E-state index contributed by atoms with van der Waals surface area (Å²) >= 11 is 0. The highest BCUT2D eigenvalue weighted by Crippen LogP contribution is 2.35. The van der Waals surface area contributed by atoms with Crippen molar-refractivity contribution < 1.29 is 18.7 Å². The summed E-state index contributed by atoms with van der Waals surface area (Å²) in [5, 5.41) is 3.37. The Labute approximate surface area is 164 Å². The molecule has 148 valence electrons. The number of nitrogens with one attached hydrogen (secondary N) is 2. The van der Waals surface area contributed by atoms with Crippen molar-refractivity contribution in [3.05, 3.63) is 53.3 Å². The van der Waals surface area contributed by atoms with Crippen LogP contribution in [0.5, 0.6) is 11.5 Å². The lowest BCUT2D eigenvalue weighted by Crippen LogP contribution is -2.27. The third-order valence-corrected chi connectivity index (χ3v) is 3.87. The quantitative estimate of drug-likeness (QED) is 0.534. The Morgan fingerprint density at radius 2 is 1.93 bits per heavy atom. The summed E-state index contributed by atoms with van der Waals surface area (Å²) in [5.74, 6) is 0.178. The van der Waals surface area contributed by atoms with Gasteiger partial charge in [0.25, 0.3) is 0 Å². The number of anilines is 1. The summed E-state index contributed by atoms with van der Waals surface area (Å²) < 4.78 is 16.4. The Morgan fingerprint density at radius 1 is 1.10 bits per heavy atom. The molecule has 3 heterocycles. The number of rotatable bonds is 3. The predicted octanol–water partition coefficient (Wildman–Crippen LogP) is 4.20. The van der Waals surface area contributed by atoms with Crippen molar-refractivity contribution in [2.45, 2.75) is 26.4 Å². The average molecular weight is 394 g/mol. The first-order valence-corrected chi connectivity index (χ1v) is 8.83. The second kappa shape index (κ2) is 6.93. The van der Waals surface area contributed by atoms with Crippen LogP contribution in [-0.2, 0) is 4.74 Å². The van der Waals surface area contributed by atoms with Crippen molar-refractivity contribution in [3.8, 4) is 11.5 Å². The van der Waals surface area contributed by atoms with E-state index in [1.165, 1.54) is 6.20 Å². The molecule has 1 amide bonds. The van der Waals surface area contributed by atoms with Gasteiger partial charge >= 0.3 is 11.8 Å². The van der Waals surface area contributed by atoms with Crippen LogP contribution in [0.4, 0.5) is 10.5 Å². The number of benzene rings is 1. The fraction of sp³-hybridized carbons (Fsp3) is 0.200. The molecule has 0 aliphatic rings. The molecule has 0 unspecified atom stereocenters. The third-order valence-electron chi connectivity index (χ3n) is 3.87. The van der Waals surface area contributed by atoms with Gasteiger partial charge in [-0.3, -0.25) is 15.3 Å². The zero-order valence-electron chi connectivity index (χ0n) is 16.0. The van der Waals surface area contributed by atoms with Crippen LogP contribution < -0.4 is 15.8 Å². The number of aromatic amines is 1. The summed E-state index contributed by atoms with van der Waals surface area (Å²) in [6.45, 7) is 5.36. The van der Waals surface area contributed by atoms with Crippen molar-refractivity contribution in [1.29, 1.82) is 0 Å². The minimum atomic E-state index is -0.621. The molecule has 9 nitrogen and oxygen atoms in total. The first-order chi connectivity index (χ1) is 13.8. The molecule has 4 aromatic rings. The van der Waals surface area contributed by atoms with Crippen molar-refractivity contribution in [3.63, 3.8) is 0 Å². The zero-order valence-corrected chi connectivity index (χ0v) is 16.0. The molecule has 0 aliphatic carbocycles. The Kier molecular flexibility index (Phi) is 4.42.